The molecule has 74 valence electrons. The van der Waals surface area contributed by atoms with Crippen LogP contribution in [0.5, 0.6) is 0 Å². The Balaban J connectivity index is 1.83. The fourth-order valence-electron chi connectivity index (χ4n) is 2.13. The molecule has 0 aromatic heterocycles. The zero-order chi connectivity index (χ0) is 9.31. The number of nitrogens with one attached hydrogen (secondary N) is 1. The molecule has 2 aliphatic rings. The van der Waals surface area contributed by atoms with E-state index in [-0.39, 0.29) is 5.91 Å². The van der Waals surface area contributed by atoms with Gasteiger partial charge in [0, 0.05) is 6.04 Å². The van der Waals surface area contributed by atoms with Crippen molar-refractivity contribution in [1.29, 1.82) is 0 Å². The molecule has 1 amide bonds. The van der Waals surface area contributed by atoms with Crippen LogP contribution in [0.1, 0.15) is 44.9 Å². The summed E-state index contributed by atoms with van der Waals surface area (Å²) in [6.07, 6.45) is 6.86. The van der Waals surface area contributed by atoms with E-state index in [4.69, 9.17) is 0 Å². The molecule has 2 saturated carbocycles. The van der Waals surface area contributed by atoms with Crippen LogP contribution in [0.15, 0.2) is 0 Å². The summed E-state index contributed by atoms with van der Waals surface area (Å²) in [5.41, 5.74) is -1.01. The summed E-state index contributed by atoms with van der Waals surface area (Å²) in [5.74, 6) is -0.134. The third-order valence-corrected chi connectivity index (χ3v) is 3.29. The average molecular weight is 183 g/mol. The van der Waals surface area contributed by atoms with E-state index < -0.39 is 5.60 Å². The van der Waals surface area contributed by atoms with Crippen molar-refractivity contribution in [2.45, 2.75) is 56.6 Å². The predicted molar refractivity (Wildman–Crippen MR) is 49.2 cm³/mol. The smallest absolute Gasteiger partial charge is 0.252 e. The van der Waals surface area contributed by atoms with Crippen LogP contribution in [-0.2, 0) is 4.79 Å². The number of rotatable bonds is 2. The van der Waals surface area contributed by atoms with Crippen LogP contribution in [0.2, 0.25) is 0 Å². The van der Waals surface area contributed by atoms with Crippen molar-refractivity contribution in [2.75, 3.05) is 0 Å². The SMILES string of the molecule is O=C(NC1CCCC1)C1(O)CCC1. The molecule has 2 N–H and O–H groups in total. The Morgan fingerprint density at radius 1 is 1.23 bits per heavy atom. The molecule has 0 saturated heterocycles. The first kappa shape index (κ1) is 9.00. The lowest BCUT2D eigenvalue weighted by atomic mass is 9.79. The molecule has 0 bridgehead atoms. The van der Waals surface area contributed by atoms with Crippen molar-refractivity contribution in [3.8, 4) is 0 Å². The molecule has 0 spiro atoms. The van der Waals surface area contributed by atoms with Gasteiger partial charge in [0.15, 0.2) is 0 Å². The fraction of sp³-hybridized carbons (Fsp3) is 0.900. The van der Waals surface area contributed by atoms with Crippen LogP contribution in [0.25, 0.3) is 0 Å². The van der Waals surface area contributed by atoms with E-state index in [1.807, 2.05) is 0 Å². The zero-order valence-corrected chi connectivity index (χ0v) is 7.88. The van der Waals surface area contributed by atoms with Gasteiger partial charge in [0.1, 0.15) is 5.60 Å². The molecule has 3 heteroatoms. The summed E-state index contributed by atoms with van der Waals surface area (Å²) in [5, 5.41) is 12.7. The van der Waals surface area contributed by atoms with Gasteiger partial charge in [-0.25, -0.2) is 0 Å². The Hall–Kier alpha value is -0.570. The van der Waals surface area contributed by atoms with Gasteiger partial charge in [-0.1, -0.05) is 12.8 Å². The Bertz CT molecular complexity index is 205. The van der Waals surface area contributed by atoms with Crippen LogP contribution < -0.4 is 5.32 Å². The summed E-state index contributed by atoms with van der Waals surface area (Å²) < 4.78 is 0. The standard InChI is InChI=1S/C10H17NO2/c12-9(10(13)6-3-7-10)11-8-4-1-2-5-8/h8,13H,1-7H2,(H,11,12). The maximum Gasteiger partial charge on any atom is 0.252 e. The van der Waals surface area contributed by atoms with E-state index >= 15 is 0 Å². The van der Waals surface area contributed by atoms with Crippen LogP contribution in [-0.4, -0.2) is 22.7 Å². The third kappa shape index (κ3) is 1.70. The number of carbonyl (C=O) groups excluding carboxylic acids is 1. The second-order valence-electron chi connectivity index (χ2n) is 4.34. The summed E-state index contributed by atoms with van der Waals surface area (Å²) in [4.78, 5) is 11.5. The first-order chi connectivity index (χ1) is 6.21. The van der Waals surface area contributed by atoms with E-state index in [1.54, 1.807) is 0 Å². The number of aliphatic hydroxyl groups is 1. The lowest BCUT2D eigenvalue weighted by molar-refractivity contribution is -0.149. The molecule has 0 aromatic carbocycles. The normalized spacial score (nSPS) is 26.8. The highest BCUT2D eigenvalue weighted by Gasteiger charge is 2.42. The molecule has 13 heavy (non-hydrogen) atoms. The molecule has 0 radical (unpaired) electrons. The van der Waals surface area contributed by atoms with E-state index in [2.05, 4.69) is 5.32 Å². The highest BCUT2D eigenvalue weighted by Crippen LogP contribution is 2.32. The number of hydrogen-bond acceptors (Lipinski definition) is 2. The quantitative estimate of drug-likeness (QED) is 0.670. The largest absolute Gasteiger partial charge is 0.380 e. The van der Waals surface area contributed by atoms with E-state index in [0.717, 1.165) is 19.3 Å². The summed E-state index contributed by atoms with van der Waals surface area (Å²) >= 11 is 0. The van der Waals surface area contributed by atoms with Crippen LogP contribution >= 0.6 is 0 Å². The van der Waals surface area contributed by atoms with Crippen molar-refractivity contribution >= 4 is 5.91 Å². The Kier molecular flexibility index (Phi) is 2.28. The Morgan fingerprint density at radius 2 is 1.85 bits per heavy atom. The van der Waals surface area contributed by atoms with Gasteiger partial charge in [-0.05, 0) is 32.1 Å². The van der Waals surface area contributed by atoms with E-state index in [1.165, 1.54) is 12.8 Å². The first-order valence-electron chi connectivity index (χ1n) is 5.24. The summed E-state index contributed by atoms with van der Waals surface area (Å²) in [6.45, 7) is 0. The minimum atomic E-state index is -1.01. The van der Waals surface area contributed by atoms with Crippen LogP contribution in [0.4, 0.5) is 0 Å². The molecule has 2 rings (SSSR count). The Labute approximate surface area is 78.5 Å². The van der Waals surface area contributed by atoms with Gasteiger partial charge >= 0.3 is 0 Å². The van der Waals surface area contributed by atoms with Crippen molar-refractivity contribution in [3.63, 3.8) is 0 Å². The molecule has 0 aliphatic heterocycles. The van der Waals surface area contributed by atoms with Gasteiger partial charge in [0.2, 0.25) is 0 Å². The molecule has 0 heterocycles. The van der Waals surface area contributed by atoms with Crippen molar-refractivity contribution in [2.24, 2.45) is 0 Å². The second kappa shape index (κ2) is 3.29. The maximum absolute atomic E-state index is 11.5. The highest BCUT2D eigenvalue weighted by atomic mass is 16.3. The van der Waals surface area contributed by atoms with Crippen LogP contribution in [0, 0.1) is 0 Å². The molecule has 2 aliphatic carbocycles. The monoisotopic (exact) mass is 183 g/mol. The van der Waals surface area contributed by atoms with Gasteiger partial charge in [-0.15, -0.1) is 0 Å². The predicted octanol–water partition coefficient (Wildman–Crippen LogP) is 0.960. The van der Waals surface area contributed by atoms with Crippen molar-refractivity contribution in [1.82, 2.24) is 5.32 Å². The third-order valence-electron chi connectivity index (χ3n) is 3.29. The molecule has 3 nitrogen and oxygen atoms in total. The minimum Gasteiger partial charge on any atom is -0.380 e. The second-order valence-corrected chi connectivity index (χ2v) is 4.34. The molecule has 0 unspecified atom stereocenters. The number of amides is 1. The highest BCUT2D eigenvalue weighted by molar-refractivity contribution is 5.86. The van der Waals surface area contributed by atoms with Crippen LogP contribution in [0.3, 0.4) is 0 Å². The van der Waals surface area contributed by atoms with Gasteiger partial charge in [-0.2, -0.15) is 0 Å². The van der Waals surface area contributed by atoms with Crippen molar-refractivity contribution in [3.05, 3.63) is 0 Å². The fourth-order valence-corrected chi connectivity index (χ4v) is 2.13. The lowest BCUT2D eigenvalue weighted by Crippen LogP contribution is -2.53. The van der Waals surface area contributed by atoms with Gasteiger partial charge in [0.05, 0.1) is 0 Å². The van der Waals surface area contributed by atoms with E-state index in [0.29, 0.717) is 18.9 Å². The Morgan fingerprint density at radius 3 is 2.31 bits per heavy atom. The van der Waals surface area contributed by atoms with E-state index in [9.17, 15) is 9.90 Å². The van der Waals surface area contributed by atoms with Gasteiger partial charge in [0.25, 0.3) is 5.91 Å². The maximum atomic E-state index is 11.5. The van der Waals surface area contributed by atoms with Gasteiger partial charge in [-0.3, -0.25) is 4.79 Å². The average Bonchev–Trinajstić information content (AvgIpc) is 2.52. The number of carbonyl (C=O) groups is 1. The zero-order valence-electron chi connectivity index (χ0n) is 7.88. The molecule has 0 aromatic rings. The minimum absolute atomic E-state index is 0.134. The first-order valence-corrected chi connectivity index (χ1v) is 5.24. The molecular weight excluding hydrogens is 166 g/mol. The topological polar surface area (TPSA) is 49.3 Å². The lowest BCUT2D eigenvalue weighted by Gasteiger charge is -2.35. The molecule has 0 atom stereocenters. The van der Waals surface area contributed by atoms with Gasteiger partial charge < -0.3 is 10.4 Å². The molecule has 2 fully saturated rings. The summed E-state index contributed by atoms with van der Waals surface area (Å²) in [7, 11) is 0. The molecular formula is C10H17NO2. The number of hydrogen-bond donors (Lipinski definition) is 2. The summed E-state index contributed by atoms with van der Waals surface area (Å²) in [6, 6.07) is 0.331. The van der Waals surface area contributed by atoms with Crippen molar-refractivity contribution < 1.29 is 9.90 Å².